The summed E-state index contributed by atoms with van der Waals surface area (Å²) in [5.41, 5.74) is 11.4. The van der Waals surface area contributed by atoms with Crippen LogP contribution < -0.4 is 10.5 Å². The van der Waals surface area contributed by atoms with E-state index in [1.807, 2.05) is 42.3 Å². The van der Waals surface area contributed by atoms with Crippen LogP contribution in [0.5, 0.6) is 5.75 Å². The van der Waals surface area contributed by atoms with Crippen molar-refractivity contribution < 1.29 is 9.53 Å². The lowest BCUT2D eigenvalue weighted by molar-refractivity contribution is -0.125. The number of nitrogens with zero attached hydrogens (tertiary/aromatic N) is 4. The number of carbonyl (C=O) groups is 1. The Balaban J connectivity index is 1.52. The van der Waals surface area contributed by atoms with Crippen LogP contribution in [0.25, 0.3) is 22.2 Å². The van der Waals surface area contributed by atoms with Crippen LogP contribution in [0.4, 0.5) is 5.82 Å². The highest BCUT2D eigenvalue weighted by Gasteiger charge is 2.32. The molecule has 0 bridgehead atoms. The van der Waals surface area contributed by atoms with Crippen LogP contribution in [0.2, 0.25) is 0 Å². The Morgan fingerprint density at radius 2 is 1.94 bits per heavy atom. The Kier molecular flexibility index (Phi) is 5.76. The lowest BCUT2D eigenvalue weighted by Gasteiger charge is -2.17. The number of nitrogens with two attached hydrogens (primary N) is 1. The van der Waals surface area contributed by atoms with E-state index in [1.54, 1.807) is 0 Å². The summed E-state index contributed by atoms with van der Waals surface area (Å²) in [5.74, 6) is 1.42. The van der Waals surface area contributed by atoms with Crippen molar-refractivity contribution in [1.82, 2.24) is 19.4 Å². The largest absolute Gasteiger partial charge is 0.489 e. The van der Waals surface area contributed by atoms with E-state index in [2.05, 4.69) is 45.4 Å². The van der Waals surface area contributed by atoms with Gasteiger partial charge in [-0.2, -0.15) is 0 Å². The summed E-state index contributed by atoms with van der Waals surface area (Å²) in [4.78, 5) is 22.8. The van der Waals surface area contributed by atoms with Crippen molar-refractivity contribution in [3.8, 4) is 16.9 Å². The maximum atomic E-state index is 12.2. The van der Waals surface area contributed by atoms with Gasteiger partial charge in [-0.05, 0) is 35.8 Å². The molecule has 5 rings (SSSR count). The molecule has 1 aliphatic heterocycles. The van der Waals surface area contributed by atoms with Crippen molar-refractivity contribution >= 4 is 22.8 Å². The van der Waals surface area contributed by atoms with Gasteiger partial charge in [0.05, 0.1) is 5.39 Å². The molecule has 4 aromatic rings. The molecule has 1 aliphatic rings. The quantitative estimate of drug-likeness (QED) is 0.440. The zero-order chi connectivity index (χ0) is 23.7. The number of benzene rings is 2. The first-order chi connectivity index (χ1) is 16.6. The first-order valence-electron chi connectivity index (χ1n) is 11.3. The SMILES string of the molecule is C=CC(=O)N1CCC(c2c(-c3ccc(COc4ccccc4)cc3)c3c(N)ncnc3n2C)C1. The average Bonchev–Trinajstić information content (AvgIpc) is 3.47. The number of anilines is 1. The van der Waals surface area contributed by atoms with Crippen LogP contribution in [-0.4, -0.2) is 38.4 Å². The lowest BCUT2D eigenvalue weighted by Crippen LogP contribution is -2.26. The Morgan fingerprint density at radius 3 is 2.68 bits per heavy atom. The Hall–Kier alpha value is -4.13. The molecule has 3 heterocycles. The molecule has 0 spiro atoms. The van der Waals surface area contributed by atoms with Crippen LogP contribution in [0.1, 0.15) is 23.6 Å². The van der Waals surface area contributed by atoms with Crippen molar-refractivity contribution in [3.05, 3.63) is 84.8 Å². The highest BCUT2D eigenvalue weighted by atomic mass is 16.5. The van der Waals surface area contributed by atoms with Gasteiger partial charge < -0.3 is 19.9 Å². The van der Waals surface area contributed by atoms with Crippen molar-refractivity contribution in [1.29, 1.82) is 0 Å². The normalized spacial score (nSPS) is 15.6. The summed E-state index contributed by atoms with van der Waals surface area (Å²) in [6.07, 6.45) is 3.75. The number of hydrogen-bond donors (Lipinski definition) is 1. The molecule has 1 saturated heterocycles. The van der Waals surface area contributed by atoms with Crippen molar-refractivity contribution in [2.75, 3.05) is 18.8 Å². The molecular weight excluding hydrogens is 426 g/mol. The molecule has 1 fully saturated rings. The monoisotopic (exact) mass is 453 g/mol. The summed E-state index contributed by atoms with van der Waals surface area (Å²) in [7, 11) is 2.01. The van der Waals surface area contributed by atoms with E-state index < -0.39 is 0 Å². The van der Waals surface area contributed by atoms with E-state index in [0.29, 0.717) is 25.5 Å². The van der Waals surface area contributed by atoms with Crippen LogP contribution in [0, 0.1) is 0 Å². The molecule has 0 radical (unpaired) electrons. The Bertz CT molecular complexity index is 1350. The number of aryl methyl sites for hydroxylation is 1. The minimum atomic E-state index is -0.0371. The fourth-order valence-corrected chi connectivity index (χ4v) is 4.83. The summed E-state index contributed by atoms with van der Waals surface area (Å²) in [5, 5.41) is 0.849. The third-order valence-corrected chi connectivity index (χ3v) is 6.49. The maximum absolute atomic E-state index is 12.2. The number of aromatic nitrogens is 3. The predicted molar refractivity (Wildman–Crippen MR) is 133 cm³/mol. The number of ether oxygens (including phenoxy) is 1. The summed E-state index contributed by atoms with van der Waals surface area (Å²) in [6, 6.07) is 18.1. The first kappa shape index (κ1) is 21.7. The van der Waals surface area contributed by atoms with E-state index in [-0.39, 0.29) is 11.8 Å². The van der Waals surface area contributed by atoms with Gasteiger partial charge in [0.15, 0.2) is 0 Å². The van der Waals surface area contributed by atoms with Gasteiger partial charge >= 0.3 is 0 Å². The smallest absolute Gasteiger partial charge is 0.245 e. The third kappa shape index (κ3) is 3.90. The van der Waals surface area contributed by atoms with Gasteiger partial charge in [0.25, 0.3) is 0 Å². The molecular formula is C27H27N5O2. The fraction of sp³-hybridized carbons (Fsp3) is 0.222. The second-order valence-corrected chi connectivity index (χ2v) is 8.55. The van der Waals surface area contributed by atoms with Gasteiger partial charge in [0.1, 0.15) is 30.1 Å². The van der Waals surface area contributed by atoms with Crippen molar-refractivity contribution in [3.63, 3.8) is 0 Å². The number of amides is 1. The van der Waals surface area contributed by atoms with E-state index >= 15 is 0 Å². The van der Waals surface area contributed by atoms with Crippen LogP contribution in [-0.2, 0) is 18.4 Å². The van der Waals surface area contributed by atoms with Crippen molar-refractivity contribution in [2.45, 2.75) is 18.9 Å². The minimum Gasteiger partial charge on any atom is -0.489 e. The lowest BCUT2D eigenvalue weighted by atomic mass is 9.94. The maximum Gasteiger partial charge on any atom is 0.245 e. The number of carbonyl (C=O) groups excluding carboxylic acids is 1. The van der Waals surface area contributed by atoms with Gasteiger partial charge in [-0.1, -0.05) is 49.0 Å². The molecule has 7 heteroatoms. The molecule has 2 aromatic heterocycles. The van der Waals surface area contributed by atoms with Gasteiger partial charge in [-0.25, -0.2) is 9.97 Å². The van der Waals surface area contributed by atoms with Gasteiger partial charge in [0.2, 0.25) is 5.91 Å². The third-order valence-electron chi connectivity index (χ3n) is 6.49. The predicted octanol–water partition coefficient (Wildman–Crippen LogP) is 4.30. The molecule has 2 aromatic carbocycles. The zero-order valence-corrected chi connectivity index (χ0v) is 19.1. The van der Waals surface area contributed by atoms with Gasteiger partial charge in [-0.3, -0.25) is 4.79 Å². The fourth-order valence-electron chi connectivity index (χ4n) is 4.83. The standard InChI is InChI=1S/C27H27N5O2/c1-3-22(33)32-14-13-20(15-32)25-23(24-26(28)29-17-30-27(24)31(25)2)19-11-9-18(10-12-19)16-34-21-7-5-4-6-8-21/h3-12,17,20H,1,13-16H2,2H3,(H2,28,29,30). The minimum absolute atomic E-state index is 0.0371. The number of likely N-dealkylation sites (tertiary alicyclic amines) is 1. The van der Waals surface area contributed by atoms with E-state index in [1.165, 1.54) is 12.4 Å². The molecule has 172 valence electrons. The molecule has 34 heavy (non-hydrogen) atoms. The molecule has 7 nitrogen and oxygen atoms in total. The van der Waals surface area contributed by atoms with Crippen LogP contribution in [0.3, 0.4) is 0 Å². The molecule has 1 unspecified atom stereocenters. The second kappa shape index (κ2) is 9.02. The number of nitrogen functional groups attached to an aromatic ring is 1. The first-order valence-corrected chi connectivity index (χ1v) is 11.3. The number of para-hydroxylation sites is 1. The topological polar surface area (TPSA) is 86.3 Å². The van der Waals surface area contributed by atoms with Crippen molar-refractivity contribution in [2.24, 2.45) is 7.05 Å². The molecule has 2 N–H and O–H groups in total. The van der Waals surface area contributed by atoms with E-state index in [0.717, 1.165) is 45.6 Å². The molecule has 0 saturated carbocycles. The summed E-state index contributed by atoms with van der Waals surface area (Å²) >= 11 is 0. The number of rotatable bonds is 6. The highest BCUT2D eigenvalue weighted by molar-refractivity contribution is 6.02. The molecule has 0 aliphatic carbocycles. The number of hydrogen-bond acceptors (Lipinski definition) is 5. The molecule has 1 atom stereocenters. The van der Waals surface area contributed by atoms with E-state index in [4.69, 9.17) is 10.5 Å². The highest BCUT2D eigenvalue weighted by Crippen LogP contribution is 2.42. The summed E-state index contributed by atoms with van der Waals surface area (Å²) in [6.45, 7) is 5.46. The Labute approximate surface area is 198 Å². The van der Waals surface area contributed by atoms with Gasteiger partial charge in [-0.15, -0.1) is 0 Å². The van der Waals surface area contributed by atoms with E-state index in [9.17, 15) is 4.79 Å². The summed E-state index contributed by atoms with van der Waals surface area (Å²) < 4.78 is 7.99. The van der Waals surface area contributed by atoms with Crippen LogP contribution in [0.15, 0.2) is 73.6 Å². The second-order valence-electron chi connectivity index (χ2n) is 8.55. The number of fused-ring (bicyclic) bond motifs is 1. The Morgan fingerprint density at radius 1 is 1.18 bits per heavy atom. The van der Waals surface area contributed by atoms with Crippen LogP contribution >= 0.6 is 0 Å². The zero-order valence-electron chi connectivity index (χ0n) is 19.1. The molecule has 1 amide bonds. The average molecular weight is 454 g/mol. The van der Waals surface area contributed by atoms with Gasteiger partial charge in [0, 0.05) is 37.3 Å².